The lowest BCUT2D eigenvalue weighted by atomic mass is 10.2. The Morgan fingerprint density at radius 1 is 1.64 bits per heavy atom. The maximum Gasteiger partial charge on any atom is 0.0232 e. The van der Waals surface area contributed by atoms with E-state index in [2.05, 4.69) is 23.9 Å². The molecule has 1 saturated heterocycles. The molecule has 1 atom stereocenters. The quantitative estimate of drug-likeness (QED) is 0.604. The Morgan fingerprint density at radius 2 is 2.36 bits per heavy atom. The summed E-state index contributed by atoms with van der Waals surface area (Å²) in [5.41, 5.74) is 5.48. The Bertz CT molecular complexity index is 116. The summed E-state index contributed by atoms with van der Waals surface area (Å²) in [6.45, 7) is 4.24. The number of nitrogens with zero attached hydrogens (tertiary/aromatic N) is 2. The Kier molecular flexibility index (Phi) is 3.30. The predicted molar refractivity (Wildman–Crippen MR) is 47.6 cm³/mol. The number of likely N-dealkylation sites (N-methyl/N-ethyl adjacent to an activating group) is 2. The van der Waals surface area contributed by atoms with Crippen LogP contribution < -0.4 is 5.73 Å². The van der Waals surface area contributed by atoms with Crippen LogP contribution in [0.3, 0.4) is 0 Å². The minimum Gasteiger partial charge on any atom is -0.329 e. The van der Waals surface area contributed by atoms with E-state index >= 15 is 0 Å². The fourth-order valence-corrected chi connectivity index (χ4v) is 1.66. The first-order valence-electron chi connectivity index (χ1n) is 4.33. The van der Waals surface area contributed by atoms with Crippen molar-refractivity contribution >= 4 is 0 Å². The number of likely N-dealkylation sites (tertiary alicyclic amines) is 1. The average Bonchev–Trinajstić information content (AvgIpc) is 2.36. The second kappa shape index (κ2) is 4.04. The van der Waals surface area contributed by atoms with Gasteiger partial charge in [-0.2, -0.15) is 0 Å². The largest absolute Gasteiger partial charge is 0.329 e. The molecule has 0 saturated carbocycles. The molecular weight excluding hydrogens is 138 g/mol. The summed E-state index contributed by atoms with van der Waals surface area (Å²) in [5.74, 6) is 0. The molecule has 1 aliphatic heterocycles. The van der Waals surface area contributed by atoms with Gasteiger partial charge in [0.25, 0.3) is 0 Å². The van der Waals surface area contributed by atoms with Crippen molar-refractivity contribution in [2.75, 3.05) is 40.3 Å². The molecular formula is C8H19N3. The van der Waals surface area contributed by atoms with Gasteiger partial charge in [-0.3, -0.25) is 0 Å². The summed E-state index contributed by atoms with van der Waals surface area (Å²) >= 11 is 0. The third kappa shape index (κ3) is 2.43. The molecule has 0 aromatic rings. The first-order chi connectivity index (χ1) is 5.24. The summed E-state index contributed by atoms with van der Waals surface area (Å²) < 4.78 is 0. The second-order valence-electron chi connectivity index (χ2n) is 3.47. The molecule has 66 valence electrons. The lowest BCUT2D eigenvalue weighted by molar-refractivity contribution is 0.248. The van der Waals surface area contributed by atoms with Crippen molar-refractivity contribution in [3.8, 4) is 0 Å². The van der Waals surface area contributed by atoms with Gasteiger partial charge in [-0.05, 0) is 27.1 Å². The second-order valence-corrected chi connectivity index (χ2v) is 3.47. The molecule has 1 rings (SSSR count). The van der Waals surface area contributed by atoms with Gasteiger partial charge < -0.3 is 15.5 Å². The van der Waals surface area contributed by atoms with Crippen molar-refractivity contribution in [3.05, 3.63) is 0 Å². The minimum atomic E-state index is 0.739. The molecule has 1 aliphatic rings. The molecule has 0 spiro atoms. The number of hydrogen-bond donors (Lipinski definition) is 1. The van der Waals surface area contributed by atoms with Crippen LogP contribution in [0.5, 0.6) is 0 Å². The van der Waals surface area contributed by atoms with Crippen LogP contribution in [0.15, 0.2) is 0 Å². The predicted octanol–water partition coefficient (Wildman–Crippen LogP) is -0.419. The van der Waals surface area contributed by atoms with Crippen LogP contribution >= 0.6 is 0 Å². The summed E-state index contributed by atoms with van der Waals surface area (Å²) in [6, 6.07) is 0.739. The summed E-state index contributed by atoms with van der Waals surface area (Å²) in [4.78, 5) is 4.74. The number of nitrogens with two attached hydrogens (primary N) is 1. The van der Waals surface area contributed by atoms with E-state index in [1.807, 2.05) is 0 Å². The molecule has 0 aromatic carbocycles. The van der Waals surface area contributed by atoms with E-state index in [9.17, 15) is 0 Å². The van der Waals surface area contributed by atoms with Gasteiger partial charge in [0, 0.05) is 25.7 Å². The highest BCUT2D eigenvalue weighted by Gasteiger charge is 2.22. The highest BCUT2D eigenvalue weighted by molar-refractivity contribution is 4.79. The van der Waals surface area contributed by atoms with Crippen LogP contribution in [0.1, 0.15) is 6.42 Å². The van der Waals surface area contributed by atoms with Gasteiger partial charge in [-0.25, -0.2) is 0 Å². The van der Waals surface area contributed by atoms with Crippen LogP contribution in [0, 0.1) is 0 Å². The Hall–Kier alpha value is -0.120. The first-order valence-corrected chi connectivity index (χ1v) is 4.33. The third-order valence-electron chi connectivity index (χ3n) is 2.47. The van der Waals surface area contributed by atoms with E-state index in [-0.39, 0.29) is 0 Å². The van der Waals surface area contributed by atoms with Crippen LogP contribution in [-0.2, 0) is 0 Å². The van der Waals surface area contributed by atoms with Gasteiger partial charge in [0.15, 0.2) is 0 Å². The number of rotatable bonds is 3. The van der Waals surface area contributed by atoms with Gasteiger partial charge in [0.05, 0.1) is 0 Å². The molecule has 0 aromatic heterocycles. The topological polar surface area (TPSA) is 32.5 Å². The van der Waals surface area contributed by atoms with Gasteiger partial charge in [-0.1, -0.05) is 0 Å². The highest BCUT2D eigenvalue weighted by atomic mass is 15.2. The highest BCUT2D eigenvalue weighted by Crippen LogP contribution is 2.11. The Morgan fingerprint density at radius 3 is 2.82 bits per heavy atom. The zero-order valence-corrected chi connectivity index (χ0v) is 7.58. The standard InChI is InChI=1S/C8H19N3/c1-10-5-3-8(7-10)11(2)6-4-9/h8H,3-7,9H2,1-2H3/t8-/m1/s1. The summed E-state index contributed by atoms with van der Waals surface area (Å²) in [6.07, 6.45) is 1.30. The lowest BCUT2D eigenvalue weighted by Gasteiger charge is -2.22. The van der Waals surface area contributed by atoms with Crippen molar-refractivity contribution in [2.45, 2.75) is 12.5 Å². The van der Waals surface area contributed by atoms with Crippen molar-refractivity contribution < 1.29 is 0 Å². The zero-order valence-electron chi connectivity index (χ0n) is 7.58. The van der Waals surface area contributed by atoms with E-state index in [1.165, 1.54) is 19.5 Å². The van der Waals surface area contributed by atoms with Crippen molar-refractivity contribution in [2.24, 2.45) is 5.73 Å². The van der Waals surface area contributed by atoms with E-state index in [0.29, 0.717) is 0 Å². The van der Waals surface area contributed by atoms with Crippen LogP contribution in [0.4, 0.5) is 0 Å². The normalized spacial score (nSPS) is 26.7. The van der Waals surface area contributed by atoms with E-state index in [0.717, 1.165) is 19.1 Å². The van der Waals surface area contributed by atoms with E-state index in [1.54, 1.807) is 0 Å². The zero-order chi connectivity index (χ0) is 8.27. The molecule has 0 bridgehead atoms. The monoisotopic (exact) mass is 157 g/mol. The Balaban J connectivity index is 2.25. The molecule has 2 N–H and O–H groups in total. The van der Waals surface area contributed by atoms with Crippen LogP contribution in [0.25, 0.3) is 0 Å². The minimum absolute atomic E-state index is 0.739. The first kappa shape index (κ1) is 8.97. The van der Waals surface area contributed by atoms with Crippen molar-refractivity contribution in [3.63, 3.8) is 0 Å². The van der Waals surface area contributed by atoms with Crippen molar-refractivity contribution in [1.29, 1.82) is 0 Å². The fraction of sp³-hybridized carbons (Fsp3) is 1.00. The summed E-state index contributed by atoms with van der Waals surface area (Å²) in [7, 11) is 4.34. The molecule has 0 radical (unpaired) electrons. The maximum absolute atomic E-state index is 5.48. The molecule has 0 aliphatic carbocycles. The van der Waals surface area contributed by atoms with Gasteiger partial charge in [-0.15, -0.1) is 0 Å². The lowest BCUT2D eigenvalue weighted by Crippen LogP contribution is -2.37. The smallest absolute Gasteiger partial charge is 0.0232 e. The van der Waals surface area contributed by atoms with Gasteiger partial charge in [0.2, 0.25) is 0 Å². The molecule has 1 fully saturated rings. The summed E-state index contributed by atoms with van der Waals surface area (Å²) in [5, 5.41) is 0. The maximum atomic E-state index is 5.48. The average molecular weight is 157 g/mol. The SMILES string of the molecule is CN1CC[C@@H](N(C)CCN)C1. The molecule has 3 nitrogen and oxygen atoms in total. The molecule has 0 unspecified atom stereocenters. The van der Waals surface area contributed by atoms with Gasteiger partial charge in [0.1, 0.15) is 0 Å². The van der Waals surface area contributed by atoms with E-state index < -0.39 is 0 Å². The van der Waals surface area contributed by atoms with Crippen LogP contribution in [-0.4, -0.2) is 56.1 Å². The Labute approximate surface area is 69.1 Å². The number of hydrogen-bond acceptors (Lipinski definition) is 3. The molecule has 11 heavy (non-hydrogen) atoms. The molecule has 3 heteroatoms. The fourth-order valence-electron chi connectivity index (χ4n) is 1.66. The van der Waals surface area contributed by atoms with E-state index in [4.69, 9.17) is 5.73 Å². The third-order valence-corrected chi connectivity index (χ3v) is 2.47. The van der Waals surface area contributed by atoms with Crippen molar-refractivity contribution in [1.82, 2.24) is 9.80 Å². The van der Waals surface area contributed by atoms with Gasteiger partial charge >= 0.3 is 0 Å². The molecule has 0 amide bonds. The molecule has 1 heterocycles. The van der Waals surface area contributed by atoms with Crippen LogP contribution in [0.2, 0.25) is 0 Å².